The number of halogens is 1. The molecule has 0 spiro atoms. The lowest BCUT2D eigenvalue weighted by atomic mass is 9.82. The van der Waals surface area contributed by atoms with Gasteiger partial charge in [-0.05, 0) is 47.6 Å². The predicted molar refractivity (Wildman–Crippen MR) is 81.5 cm³/mol. The fourth-order valence-corrected chi connectivity index (χ4v) is 3.06. The minimum Gasteiger partial charge on any atom is -0.350 e. The van der Waals surface area contributed by atoms with E-state index < -0.39 is 0 Å². The van der Waals surface area contributed by atoms with Crippen LogP contribution in [-0.4, -0.2) is 18.0 Å². The molecule has 1 fully saturated rings. The zero-order valence-electron chi connectivity index (χ0n) is 10.4. The van der Waals surface area contributed by atoms with Gasteiger partial charge in [-0.2, -0.15) is 0 Å². The maximum absolute atomic E-state index is 12.1. The van der Waals surface area contributed by atoms with Crippen LogP contribution in [0.25, 0.3) is 0 Å². The first-order valence-corrected chi connectivity index (χ1v) is 7.50. The molecule has 3 N–H and O–H groups in total. The van der Waals surface area contributed by atoms with Gasteiger partial charge in [0.2, 0.25) is 0 Å². The average molecular weight is 358 g/mol. The molecule has 1 aromatic carbocycles. The number of nitrogens with one attached hydrogen (secondary N) is 1. The van der Waals surface area contributed by atoms with Gasteiger partial charge in [-0.25, -0.2) is 0 Å². The molecule has 0 aliphatic heterocycles. The Kier molecular flexibility index (Phi) is 4.61. The number of nitrogens with two attached hydrogens (primary N) is 1. The number of hydrogen-bond acceptors (Lipinski definition) is 2. The van der Waals surface area contributed by atoms with Gasteiger partial charge in [0.25, 0.3) is 5.91 Å². The molecule has 1 aromatic rings. The summed E-state index contributed by atoms with van der Waals surface area (Å²) in [5.41, 5.74) is 6.84. The van der Waals surface area contributed by atoms with Crippen molar-refractivity contribution in [3.05, 3.63) is 33.4 Å². The average Bonchev–Trinajstić information content (AvgIpc) is 2.38. The Labute approximate surface area is 122 Å². The third-order valence-electron chi connectivity index (χ3n) is 3.57. The van der Waals surface area contributed by atoms with Gasteiger partial charge in [-0.15, -0.1) is 0 Å². The van der Waals surface area contributed by atoms with Crippen molar-refractivity contribution in [2.75, 3.05) is 6.54 Å². The standard InChI is InChI=1S/C14H19IN2O/c15-12-7-3-2-6-11(12)13(18)17-10-14(16)8-4-1-5-9-14/h2-3,6-7H,1,4-5,8-10,16H2,(H,17,18). The topological polar surface area (TPSA) is 55.1 Å². The molecule has 1 saturated carbocycles. The number of carbonyl (C=O) groups is 1. The molecule has 0 radical (unpaired) electrons. The molecule has 0 atom stereocenters. The number of amides is 1. The summed E-state index contributed by atoms with van der Waals surface area (Å²) in [7, 11) is 0. The first-order valence-electron chi connectivity index (χ1n) is 6.42. The third-order valence-corrected chi connectivity index (χ3v) is 4.51. The summed E-state index contributed by atoms with van der Waals surface area (Å²) >= 11 is 2.18. The van der Waals surface area contributed by atoms with E-state index >= 15 is 0 Å². The van der Waals surface area contributed by atoms with Crippen LogP contribution in [0.15, 0.2) is 24.3 Å². The minimum absolute atomic E-state index is 0.0181. The van der Waals surface area contributed by atoms with Crippen LogP contribution in [0.1, 0.15) is 42.5 Å². The normalized spacial score (nSPS) is 18.3. The van der Waals surface area contributed by atoms with E-state index in [2.05, 4.69) is 27.9 Å². The molecule has 1 amide bonds. The van der Waals surface area contributed by atoms with Crippen molar-refractivity contribution < 1.29 is 4.79 Å². The molecule has 0 aromatic heterocycles. The number of hydrogen-bond donors (Lipinski definition) is 2. The van der Waals surface area contributed by atoms with E-state index in [9.17, 15) is 4.79 Å². The van der Waals surface area contributed by atoms with Crippen LogP contribution in [0.5, 0.6) is 0 Å². The van der Waals surface area contributed by atoms with Crippen molar-refractivity contribution in [1.29, 1.82) is 0 Å². The molecular formula is C14H19IN2O. The van der Waals surface area contributed by atoms with E-state index in [1.54, 1.807) is 0 Å². The van der Waals surface area contributed by atoms with Crippen molar-refractivity contribution >= 4 is 28.5 Å². The molecule has 0 bridgehead atoms. The van der Waals surface area contributed by atoms with Crippen LogP contribution in [-0.2, 0) is 0 Å². The molecule has 0 heterocycles. The minimum atomic E-state index is -0.200. The summed E-state index contributed by atoms with van der Waals surface area (Å²) < 4.78 is 0.974. The number of carbonyl (C=O) groups excluding carboxylic acids is 1. The van der Waals surface area contributed by atoms with E-state index in [0.717, 1.165) is 22.0 Å². The molecule has 1 aliphatic carbocycles. The van der Waals surface area contributed by atoms with Crippen LogP contribution in [0.2, 0.25) is 0 Å². The monoisotopic (exact) mass is 358 g/mol. The smallest absolute Gasteiger partial charge is 0.252 e. The van der Waals surface area contributed by atoms with E-state index in [1.165, 1.54) is 19.3 Å². The van der Waals surface area contributed by atoms with Crippen LogP contribution < -0.4 is 11.1 Å². The van der Waals surface area contributed by atoms with E-state index in [1.807, 2.05) is 24.3 Å². The molecule has 1 aliphatic rings. The van der Waals surface area contributed by atoms with E-state index in [-0.39, 0.29) is 11.4 Å². The summed E-state index contributed by atoms with van der Waals surface area (Å²) in [4.78, 5) is 12.1. The van der Waals surface area contributed by atoms with Crippen molar-refractivity contribution in [1.82, 2.24) is 5.32 Å². The Morgan fingerprint density at radius 2 is 1.94 bits per heavy atom. The molecule has 18 heavy (non-hydrogen) atoms. The van der Waals surface area contributed by atoms with Crippen LogP contribution in [0.4, 0.5) is 0 Å². The van der Waals surface area contributed by atoms with Gasteiger partial charge in [0, 0.05) is 15.7 Å². The quantitative estimate of drug-likeness (QED) is 0.817. The van der Waals surface area contributed by atoms with Gasteiger partial charge in [0.15, 0.2) is 0 Å². The third kappa shape index (κ3) is 3.45. The highest BCUT2D eigenvalue weighted by Gasteiger charge is 2.27. The lowest BCUT2D eigenvalue weighted by molar-refractivity contribution is 0.0937. The molecule has 4 heteroatoms. The van der Waals surface area contributed by atoms with Crippen molar-refractivity contribution in [3.8, 4) is 0 Å². The SMILES string of the molecule is NC1(CNC(=O)c2ccccc2I)CCCCC1. The van der Waals surface area contributed by atoms with E-state index in [0.29, 0.717) is 6.54 Å². The molecule has 3 nitrogen and oxygen atoms in total. The number of benzene rings is 1. The first-order chi connectivity index (χ1) is 8.61. The van der Waals surface area contributed by atoms with Gasteiger partial charge in [0.05, 0.1) is 5.56 Å². The second-order valence-electron chi connectivity index (χ2n) is 5.09. The molecular weight excluding hydrogens is 339 g/mol. The van der Waals surface area contributed by atoms with Gasteiger partial charge in [-0.1, -0.05) is 31.4 Å². The van der Waals surface area contributed by atoms with Crippen LogP contribution in [0, 0.1) is 3.57 Å². The van der Waals surface area contributed by atoms with Crippen molar-refractivity contribution in [2.45, 2.75) is 37.6 Å². The lowest BCUT2D eigenvalue weighted by Crippen LogP contribution is -2.51. The van der Waals surface area contributed by atoms with Gasteiger partial charge in [0.1, 0.15) is 0 Å². The molecule has 98 valence electrons. The summed E-state index contributed by atoms with van der Waals surface area (Å²) in [6, 6.07) is 7.61. The fourth-order valence-electron chi connectivity index (χ4n) is 2.43. The zero-order chi connectivity index (χ0) is 13.0. The van der Waals surface area contributed by atoms with E-state index in [4.69, 9.17) is 5.73 Å². The first kappa shape index (κ1) is 13.8. The van der Waals surface area contributed by atoms with Gasteiger partial charge in [-0.3, -0.25) is 4.79 Å². The highest BCUT2D eigenvalue weighted by atomic mass is 127. The Hall–Kier alpha value is -0.620. The van der Waals surface area contributed by atoms with Crippen molar-refractivity contribution in [3.63, 3.8) is 0 Å². The van der Waals surface area contributed by atoms with Crippen LogP contribution in [0.3, 0.4) is 0 Å². The van der Waals surface area contributed by atoms with Gasteiger partial charge < -0.3 is 11.1 Å². The Morgan fingerprint density at radius 3 is 2.61 bits per heavy atom. The summed E-state index contributed by atoms with van der Waals surface area (Å²) in [6.07, 6.45) is 5.65. The Bertz CT molecular complexity index is 428. The largest absolute Gasteiger partial charge is 0.350 e. The molecule has 0 unspecified atom stereocenters. The van der Waals surface area contributed by atoms with Crippen LogP contribution >= 0.6 is 22.6 Å². The summed E-state index contributed by atoms with van der Waals surface area (Å²) in [6.45, 7) is 0.580. The fraction of sp³-hybridized carbons (Fsp3) is 0.500. The number of rotatable bonds is 3. The highest BCUT2D eigenvalue weighted by molar-refractivity contribution is 14.1. The van der Waals surface area contributed by atoms with Gasteiger partial charge >= 0.3 is 0 Å². The second kappa shape index (κ2) is 6.02. The maximum Gasteiger partial charge on any atom is 0.252 e. The Balaban J connectivity index is 1.94. The second-order valence-corrected chi connectivity index (χ2v) is 6.25. The Morgan fingerprint density at radius 1 is 1.28 bits per heavy atom. The molecule has 2 rings (SSSR count). The zero-order valence-corrected chi connectivity index (χ0v) is 12.6. The highest BCUT2D eigenvalue weighted by Crippen LogP contribution is 2.25. The van der Waals surface area contributed by atoms with Crippen molar-refractivity contribution in [2.24, 2.45) is 5.73 Å². The predicted octanol–water partition coefficient (Wildman–Crippen LogP) is 2.68. The summed E-state index contributed by atoms with van der Waals surface area (Å²) in [5, 5.41) is 2.98. The summed E-state index contributed by atoms with van der Waals surface area (Å²) in [5.74, 6) is -0.0181. The lowest BCUT2D eigenvalue weighted by Gasteiger charge is -2.33. The maximum atomic E-state index is 12.1. The molecule has 0 saturated heterocycles.